The summed E-state index contributed by atoms with van der Waals surface area (Å²) in [4.78, 5) is 0. The van der Waals surface area contributed by atoms with Crippen LogP contribution in [0.5, 0.6) is 5.75 Å². The van der Waals surface area contributed by atoms with Crippen LogP contribution in [0.1, 0.15) is 5.56 Å². The van der Waals surface area contributed by atoms with Gasteiger partial charge in [-0.3, -0.25) is 0 Å². The van der Waals surface area contributed by atoms with Crippen molar-refractivity contribution in [3.05, 3.63) is 35.9 Å². The van der Waals surface area contributed by atoms with Gasteiger partial charge in [-0.05, 0) is 12.1 Å². The number of para-hydroxylation sites is 1. The largest absolute Gasteiger partial charge is 0.489 e. The van der Waals surface area contributed by atoms with Crippen molar-refractivity contribution in [2.24, 2.45) is 0 Å². The molecule has 1 nitrogen and oxygen atoms in total. The van der Waals surface area contributed by atoms with E-state index in [1.807, 2.05) is 30.3 Å². The van der Waals surface area contributed by atoms with E-state index in [-0.39, 0.29) is 34.1 Å². The number of benzene rings is 1. The average Bonchev–Trinajstić information content (AvgIpc) is 2.05. The standard InChI is InChI=1S/C9H8O.2Cu/c1-2-6-9-8(4-1)5-3-7-10-9;;/h1-6H,7H2;;. The first kappa shape index (κ1) is 11.8. The summed E-state index contributed by atoms with van der Waals surface area (Å²) in [6.07, 6.45) is 4.10. The molecule has 0 aliphatic carbocycles. The van der Waals surface area contributed by atoms with Crippen molar-refractivity contribution < 1.29 is 38.9 Å². The van der Waals surface area contributed by atoms with Crippen LogP contribution >= 0.6 is 0 Å². The van der Waals surface area contributed by atoms with Crippen LogP contribution in [-0.4, -0.2) is 6.61 Å². The summed E-state index contributed by atoms with van der Waals surface area (Å²) in [5.74, 6) is 0.991. The maximum Gasteiger partial charge on any atom is 0.126 e. The van der Waals surface area contributed by atoms with Crippen molar-refractivity contribution in [1.82, 2.24) is 0 Å². The van der Waals surface area contributed by atoms with Gasteiger partial charge in [0.15, 0.2) is 0 Å². The fourth-order valence-corrected chi connectivity index (χ4v) is 1.06. The van der Waals surface area contributed by atoms with Crippen molar-refractivity contribution in [1.29, 1.82) is 0 Å². The number of hydrogen-bond acceptors (Lipinski definition) is 1. The molecular weight excluding hydrogens is 251 g/mol. The van der Waals surface area contributed by atoms with Crippen LogP contribution in [0.15, 0.2) is 30.3 Å². The molecule has 0 fully saturated rings. The Bertz CT molecular complexity index is 271. The van der Waals surface area contributed by atoms with Crippen molar-refractivity contribution in [2.75, 3.05) is 6.61 Å². The molecule has 0 saturated heterocycles. The van der Waals surface area contributed by atoms with Crippen LogP contribution in [0.2, 0.25) is 0 Å². The predicted molar refractivity (Wildman–Crippen MR) is 41.0 cm³/mol. The summed E-state index contributed by atoms with van der Waals surface area (Å²) >= 11 is 0. The van der Waals surface area contributed by atoms with Gasteiger partial charge in [-0.1, -0.05) is 24.3 Å². The summed E-state index contributed by atoms with van der Waals surface area (Å²) in [5, 5.41) is 0. The molecule has 0 bridgehead atoms. The molecule has 1 heterocycles. The second kappa shape index (κ2) is 5.45. The molecule has 1 aliphatic heterocycles. The third-order valence-electron chi connectivity index (χ3n) is 1.55. The van der Waals surface area contributed by atoms with Gasteiger partial charge in [-0.15, -0.1) is 0 Å². The Morgan fingerprint density at radius 3 is 2.58 bits per heavy atom. The van der Waals surface area contributed by atoms with Crippen LogP contribution < -0.4 is 4.74 Å². The molecule has 72 valence electrons. The maximum atomic E-state index is 5.34. The summed E-state index contributed by atoms with van der Waals surface area (Å²) in [6.45, 7) is 0.705. The number of hydrogen-bond donors (Lipinski definition) is 0. The second-order valence-electron chi connectivity index (χ2n) is 2.25. The average molecular weight is 259 g/mol. The topological polar surface area (TPSA) is 9.23 Å². The van der Waals surface area contributed by atoms with E-state index in [0.717, 1.165) is 5.75 Å². The molecule has 0 amide bonds. The molecule has 2 rings (SSSR count). The summed E-state index contributed by atoms with van der Waals surface area (Å²) in [7, 11) is 0. The Morgan fingerprint density at radius 1 is 1.08 bits per heavy atom. The minimum absolute atomic E-state index is 0. The molecule has 0 spiro atoms. The minimum atomic E-state index is 0. The first-order valence-corrected chi connectivity index (χ1v) is 3.35. The monoisotopic (exact) mass is 258 g/mol. The van der Waals surface area contributed by atoms with Crippen LogP contribution in [0.3, 0.4) is 0 Å². The van der Waals surface area contributed by atoms with Gasteiger partial charge in [0.05, 0.1) is 0 Å². The molecular formula is C9H8Cu2O. The van der Waals surface area contributed by atoms with Gasteiger partial charge in [-0.2, -0.15) is 0 Å². The summed E-state index contributed by atoms with van der Waals surface area (Å²) in [6, 6.07) is 8.03. The van der Waals surface area contributed by atoms with Crippen LogP contribution in [0.25, 0.3) is 6.08 Å². The van der Waals surface area contributed by atoms with Gasteiger partial charge in [-0.25, -0.2) is 0 Å². The van der Waals surface area contributed by atoms with Crippen molar-refractivity contribution >= 4 is 6.08 Å². The Morgan fingerprint density at radius 2 is 1.83 bits per heavy atom. The molecule has 12 heavy (non-hydrogen) atoms. The van der Waals surface area contributed by atoms with Gasteiger partial charge in [0.25, 0.3) is 0 Å². The molecule has 1 aromatic carbocycles. The van der Waals surface area contributed by atoms with Crippen molar-refractivity contribution in [3.63, 3.8) is 0 Å². The Labute approximate surface area is 93.1 Å². The quantitative estimate of drug-likeness (QED) is 0.648. The fourth-order valence-electron chi connectivity index (χ4n) is 1.06. The van der Waals surface area contributed by atoms with E-state index in [1.54, 1.807) is 0 Å². The fraction of sp³-hybridized carbons (Fsp3) is 0.111. The van der Waals surface area contributed by atoms with Gasteiger partial charge in [0, 0.05) is 39.7 Å². The Kier molecular flexibility index (Phi) is 5.35. The van der Waals surface area contributed by atoms with E-state index in [1.165, 1.54) is 5.56 Å². The van der Waals surface area contributed by atoms with Crippen molar-refractivity contribution in [2.45, 2.75) is 0 Å². The van der Waals surface area contributed by atoms with E-state index in [2.05, 4.69) is 6.08 Å². The first-order valence-electron chi connectivity index (χ1n) is 3.35. The van der Waals surface area contributed by atoms with Crippen molar-refractivity contribution in [3.8, 4) is 5.75 Å². The molecule has 0 N–H and O–H groups in total. The molecule has 0 atom stereocenters. The van der Waals surface area contributed by atoms with E-state index < -0.39 is 0 Å². The molecule has 0 aromatic heterocycles. The van der Waals surface area contributed by atoms with E-state index >= 15 is 0 Å². The zero-order chi connectivity index (χ0) is 6.81. The second-order valence-corrected chi connectivity index (χ2v) is 2.25. The summed E-state index contributed by atoms with van der Waals surface area (Å²) < 4.78 is 5.34. The molecule has 0 saturated carbocycles. The van der Waals surface area contributed by atoms with Gasteiger partial charge in [0.2, 0.25) is 0 Å². The molecule has 2 radical (unpaired) electrons. The first-order chi connectivity index (χ1) is 4.97. The van der Waals surface area contributed by atoms with E-state index in [4.69, 9.17) is 4.74 Å². The SMILES string of the molecule is C1=Cc2ccccc2OC1.[Cu].[Cu]. The number of ether oxygens (including phenoxy) is 1. The molecule has 0 unspecified atom stereocenters. The zero-order valence-electron chi connectivity index (χ0n) is 6.18. The van der Waals surface area contributed by atoms with Gasteiger partial charge >= 0.3 is 0 Å². The molecule has 1 aliphatic rings. The van der Waals surface area contributed by atoms with Crippen LogP contribution in [0, 0.1) is 0 Å². The van der Waals surface area contributed by atoms with Gasteiger partial charge < -0.3 is 4.74 Å². The predicted octanol–water partition coefficient (Wildman–Crippen LogP) is 2.09. The zero-order valence-corrected chi connectivity index (χ0v) is 8.07. The Hall–Kier alpha value is -0.201. The molecule has 1 aromatic rings. The van der Waals surface area contributed by atoms with Gasteiger partial charge in [0.1, 0.15) is 12.4 Å². The number of fused-ring (bicyclic) bond motifs is 1. The third-order valence-corrected chi connectivity index (χ3v) is 1.55. The minimum Gasteiger partial charge on any atom is -0.489 e. The normalized spacial score (nSPS) is 11.7. The summed E-state index contributed by atoms with van der Waals surface area (Å²) in [5.41, 5.74) is 1.17. The number of rotatable bonds is 0. The Balaban J connectivity index is 0.000000605. The maximum absolute atomic E-state index is 5.34. The van der Waals surface area contributed by atoms with Crippen LogP contribution in [-0.2, 0) is 34.1 Å². The smallest absolute Gasteiger partial charge is 0.126 e. The third kappa shape index (κ3) is 2.39. The van der Waals surface area contributed by atoms with E-state index in [9.17, 15) is 0 Å². The van der Waals surface area contributed by atoms with E-state index in [0.29, 0.717) is 6.61 Å². The van der Waals surface area contributed by atoms with Crippen LogP contribution in [0.4, 0.5) is 0 Å². The molecule has 3 heteroatoms.